The molecule has 1 aromatic rings. The molecule has 1 rings (SSSR count). The highest BCUT2D eigenvalue weighted by molar-refractivity contribution is 7.15. The molecule has 76 valence electrons. The van der Waals surface area contributed by atoms with Crippen LogP contribution in [0.1, 0.15) is 4.88 Å². The number of urea groups is 1. The van der Waals surface area contributed by atoms with Gasteiger partial charge in [-0.05, 0) is 6.92 Å². The smallest absolute Gasteiger partial charge is 0.283 e. The van der Waals surface area contributed by atoms with Gasteiger partial charge in [-0.2, -0.15) is 0 Å². The number of imide groups is 1. The Balaban J connectivity index is 2.45. The minimum Gasteiger partial charge on any atom is -0.283 e. The van der Waals surface area contributed by atoms with Gasteiger partial charge in [-0.3, -0.25) is 15.4 Å². The molecule has 0 atom stereocenters. The Bertz CT molecular complexity index is 352. The van der Waals surface area contributed by atoms with Crippen molar-refractivity contribution in [2.24, 2.45) is 0 Å². The highest BCUT2D eigenvalue weighted by Crippen LogP contribution is 2.15. The van der Waals surface area contributed by atoms with Gasteiger partial charge < -0.3 is 0 Å². The van der Waals surface area contributed by atoms with Crippen LogP contribution >= 0.6 is 22.9 Å². The first-order valence-electron chi connectivity index (χ1n) is 3.71. The largest absolute Gasteiger partial charge is 0.327 e. The van der Waals surface area contributed by atoms with E-state index in [1.54, 1.807) is 6.20 Å². The van der Waals surface area contributed by atoms with Crippen LogP contribution in [0.4, 0.5) is 9.93 Å². The first-order valence-corrected chi connectivity index (χ1v) is 5.06. The Hall–Kier alpha value is -1.14. The van der Waals surface area contributed by atoms with Crippen LogP contribution in [-0.2, 0) is 4.79 Å². The molecule has 0 aliphatic heterocycles. The first kappa shape index (κ1) is 10.9. The molecule has 5 nitrogen and oxygen atoms in total. The number of halogens is 1. The summed E-state index contributed by atoms with van der Waals surface area (Å²) in [7, 11) is 0. The third-order valence-corrected chi connectivity index (χ3v) is 2.29. The summed E-state index contributed by atoms with van der Waals surface area (Å²) in [5.74, 6) is -0.790. The van der Waals surface area contributed by atoms with Crippen LogP contribution < -0.4 is 10.6 Å². The van der Waals surface area contributed by atoms with E-state index in [1.165, 1.54) is 11.3 Å². The zero-order valence-electron chi connectivity index (χ0n) is 7.33. The Morgan fingerprint density at radius 1 is 1.64 bits per heavy atom. The van der Waals surface area contributed by atoms with Crippen molar-refractivity contribution in [3.63, 3.8) is 0 Å². The molecule has 0 aliphatic rings. The number of carbonyl (C=O) groups excluding carboxylic acids is 2. The summed E-state index contributed by atoms with van der Waals surface area (Å²) >= 11 is 6.52. The number of rotatable bonds is 2. The molecule has 0 radical (unpaired) electrons. The number of nitrogens with zero attached hydrogens (tertiary/aromatic N) is 1. The summed E-state index contributed by atoms with van der Waals surface area (Å²) in [4.78, 5) is 26.6. The van der Waals surface area contributed by atoms with E-state index in [4.69, 9.17) is 11.6 Å². The summed E-state index contributed by atoms with van der Waals surface area (Å²) in [5.41, 5.74) is 0. The normalized spacial score (nSPS) is 9.57. The zero-order chi connectivity index (χ0) is 10.6. The highest BCUT2D eigenvalue weighted by atomic mass is 35.5. The molecule has 7 heteroatoms. The minimum absolute atomic E-state index is 0.246. The molecule has 1 aromatic heterocycles. The van der Waals surface area contributed by atoms with Gasteiger partial charge in [0.15, 0.2) is 5.13 Å². The molecular formula is C7H8ClN3O2S. The maximum atomic E-state index is 11.1. The molecule has 3 amide bonds. The molecule has 0 aliphatic carbocycles. The summed E-state index contributed by atoms with van der Waals surface area (Å²) < 4.78 is 0. The van der Waals surface area contributed by atoms with E-state index in [2.05, 4.69) is 10.3 Å². The van der Waals surface area contributed by atoms with E-state index in [0.717, 1.165) is 4.88 Å². The molecule has 2 N–H and O–H groups in total. The SMILES string of the molecule is Cc1cnc(NC(=O)NC(=O)CCl)s1. The lowest BCUT2D eigenvalue weighted by atomic mass is 10.6. The summed E-state index contributed by atoms with van der Waals surface area (Å²) in [6.07, 6.45) is 1.63. The van der Waals surface area contributed by atoms with E-state index in [9.17, 15) is 9.59 Å². The van der Waals surface area contributed by atoms with Crippen molar-refractivity contribution in [2.75, 3.05) is 11.2 Å². The summed E-state index contributed by atoms with van der Waals surface area (Å²) in [6, 6.07) is -0.620. The Labute approximate surface area is 89.5 Å². The fourth-order valence-corrected chi connectivity index (χ4v) is 1.43. The van der Waals surface area contributed by atoms with Crippen molar-refractivity contribution in [1.29, 1.82) is 0 Å². The summed E-state index contributed by atoms with van der Waals surface area (Å²) in [6.45, 7) is 1.87. The molecule has 1 heterocycles. The van der Waals surface area contributed by atoms with Gasteiger partial charge in [0, 0.05) is 11.1 Å². The topological polar surface area (TPSA) is 71.1 Å². The second-order valence-corrected chi connectivity index (χ2v) is 3.91. The molecular weight excluding hydrogens is 226 g/mol. The average Bonchev–Trinajstić information content (AvgIpc) is 2.50. The van der Waals surface area contributed by atoms with E-state index >= 15 is 0 Å². The number of aryl methyl sites for hydroxylation is 1. The predicted octanol–water partition coefficient (Wildman–Crippen LogP) is 1.34. The third-order valence-electron chi connectivity index (χ3n) is 1.22. The maximum absolute atomic E-state index is 11.1. The monoisotopic (exact) mass is 233 g/mol. The van der Waals surface area contributed by atoms with Gasteiger partial charge in [0.2, 0.25) is 5.91 Å². The first-order chi connectivity index (χ1) is 6.61. The third kappa shape index (κ3) is 3.31. The van der Waals surface area contributed by atoms with Crippen molar-refractivity contribution >= 4 is 40.0 Å². The number of carbonyl (C=O) groups is 2. The number of nitrogens with one attached hydrogen (secondary N) is 2. The number of amides is 3. The highest BCUT2D eigenvalue weighted by Gasteiger charge is 2.07. The van der Waals surface area contributed by atoms with Gasteiger partial charge in [-0.1, -0.05) is 0 Å². The number of hydrogen-bond acceptors (Lipinski definition) is 4. The van der Waals surface area contributed by atoms with Crippen LogP contribution in [0.3, 0.4) is 0 Å². The second kappa shape index (κ2) is 4.92. The maximum Gasteiger partial charge on any atom is 0.327 e. The van der Waals surface area contributed by atoms with Crippen LogP contribution in [0, 0.1) is 6.92 Å². The Kier molecular flexibility index (Phi) is 3.84. The van der Waals surface area contributed by atoms with Crippen LogP contribution in [-0.4, -0.2) is 22.8 Å². The van der Waals surface area contributed by atoms with E-state index in [0.29, 0.717) is 5.13 Å². The van der Waals surface area contributed by atoms with Gasteiger partial charge >= 0.3 is 6.03 Å². The predicted molar refractivity (Wildman–Crippen MR) is 54.7 cm³/mol. The molecule has 0 saturated carbocycles. The van der Waals surface area contributed by atoms with Crippen LogP contribution in [0.15, 0.2) is 6.20 Å². The zero-order valence-corrected chi connectivity index (χ0v) is 8.91. The Morgan fingerprint density at radius 3 is 2.86 bits per heavy atom. The number of thiazole rings is 1. The molecule has 0 spiro atoms. The van der Waals surface area contributed by atoms with Crippen molar-refractivity contribution in [3.8, 4) is 0 Å². The molecule has 0 saturated heterocycles. The van der Waals surface area contributed by atoms with Crippen molar-refractivity contribution in [3.05, 3.63) is 11.1 Å². The van der Waals surface area contributed by atoms with Gasteiger partial charge in [-0.15, -0.1) is 22.9 Å². The van der Waals surface area contributed by atoms with Gasteiger partial charge in [0.1, 0.15) is 5.88 Å². The van der Waals surface area contributed by atoms with Gasteiger partial charge in [0.25, 0.3) is 0 Å². The standard InChI is InChI=1S/C7H8ClN3O2S/c1-4-3-9-7(14-4)11-6(13)10-5(12)2-8/h3H,2H2,1H3,(H2,9,10,11,12,13). The quantitative estimate of drug-likeness (QED) is 0.758. The van der Waals surface area contributed by atoms with Crippen molar-refractivity contribution < 1.29 is 9.59 Å². The minimum atomic E-state index is -0.620. The summed E-state index contributed by atoms with van der Waals surface area (Å²) in [5, 5.41) is 4.89. The van der Waals surface area contributed by atoms with E-state index < -0.39 is 11.9 Å². The van der Waals surface area contributed by atoms with Gasteiger partial charge in [-0.25, -0.2) is 9.78 Å². The molecule has 14 heavy (non-hydrogen) atoms. The molecule has 0 aromatic carbocycles. The lowest BCUT2D eigenvalue weighted by Gasteiger charge is -2.00. The number of aromatic nitrogens is 1. The fourth-order valence-electron chi connectivity index (χ4n) is 0.701. The molecule has 0 unspecified atom stereocenters. The fraction of sp³-hybridized carbons (Fsp3) is 0.286. The van der Waals surface area contributed by atoms with Crippen molar-refractivity contribution in [1.82, 2.24) is 10.3 Å². The second-order valence-electron chi connectivity index (χ2n) is 2.41. The van der Waals surface area contributed by atoms with Crippen LogP contribution in [0.5, 0.6) is 0 Å². The van der Waals surface area contributed by atoms with Gasteiger partial charge in [0.05, 0.1) is 0 Å². The molecule has 0 fully saturated rings. The number of hydrogen-bond donors (Lipinski definition) is 2. The van der Waals surface area contributed by atoms with Crippen molar-refractivity contribution in [2.45, 2.75) is 6.92 Å². The Morgan fingerprint density at radius 2 is 2.36 bits per heavy atom. The number of alkyl halides is 1. The van der Waals surface area contributed by atoms with Crippen LogP contribution in [0.2, 0.25) is 0 Å². The van der Waals surface area contributed by atoms with Crippen LogP contribution in [0.25, 0.3) is 0 Å². The molecule has 0 bridgehead atoms. The lowest BCUT2D eigenvalue weighted by molar-refractivity contribution is -0.117. The van der Waals surface area contributed by atoms with E-state index in [-0.39, 0.29) is 5.88 Å². The lowest BCUT2D eigenvalue weighted by Crippen LogP contribution is -2.34. The van der Waals surface area contributed by atoms with E-state index in [1.807, 2.05) is 12.2 Å². The number of anilines is 1. The average molecular weight is 234 g/mol.